The minimum atomic E-state index is -0.00859. The van der Waals surface area contributed by atoms with E-state index in [1.54, 1.807) is 12.1 Å². The summed E-state index contributed by atoms with van der Waals surface area (Å²) in [5.41, 5.74) is 1.07. The van der Waals surface area contributed by atoms with Gasteiger partial charge in [0.1, 0.15) is 6.07 Å². The van der Waals surface area contributed by atoms with E-state index in [0.29, 0.717) is 23.6 Å². The van der Waals surface area contributed by atoms with E-state index < -0.39 is 0 Å². The molecule has 100 valence electrons. The highest BCUT2D eigenvalue weighted by Gasteiger charge is 2.17. The number of amides is 1. The van der Waals surface area contributed by atoms with Crippen molar-refractivity contribution in [3.05, 3.63) is 28.2 Å². The van der Waals surface area contributed by atoms with Gasteiger partial charge in [0.2, 0.25) is 5.91 Å². The lowest BCUT2D eigenvalue weighted by Gasteiger charge is -2.22. The summed E-state index contributed by atoms with van der Waals surface area (Å²) in [6.45, 7) is 1.97. The van der Waals surface area contributed by atoms with Crippen LogP contribution < -0.4 is 10.6 Å². The lowest BCUT2D eigenvalue weighted by Crippen LogP contribution is -2.30. The van der Waals surface area contributed by atoms with E-state index in [0.717, 1.165) is 30.4 Å². The Morgan fingerprint density at radius 3 is 2.89 bits per heavy atom. The molecule has 0 radical (unpaired) electrons. The predicted molar refractivity (Wildman–Crippen MR) is 77.7 cm³/mol. The van der Waals surface area contributed by atoms with Crippen LogP contribution >= 0.6 is 15.9 Å². The number of piperidine rings is 1. The van der Waals surface area contributed by atoms with Gasteiger partial charge in [0.25, 0.3) is 0 Å². The number of rotatable bonds is 3. The molecule has 19 heavy (non-hydrogen) atoms. The fourth-order valence-corrected chi connectivity index (χ4v) is 2.63. The molecule has 0 atom stereocenters. The molecule has 1 aliphatic rings. The van der Waals surface area contributed by atoms with Crippen molar-refractivity contribution in [1.29, 1.82) is 5.26 Å². The first-order valence-corrected chi connectivity index (χ1v) is 7.18. The first-order valence-electron chi connectivity index (χ1n) is 6.39. The van der Waals surface area contributed by atoms with Crippen LogP contribution in [-0.2, 0) is 4.79 Å². The topological polar surface area (TPSA) is 64.9 Å². The minimum absolute atomic E-state index is 0.00859. The molecular formula is C14H16BrN3O. The Bertz CT molecular complexity index is 504. The molecule has 0 saturated carbocycles. The highest BCUT2D eigenvalue weighted by atomic mass is 79.9. The van der Waals surface area contributed by atoms with Gasteiger partial charge in [0, 0.05) is 10.9 Å². The van der Waals surface area contributed by atoms with Crippen LogP contribution in [0, 0.1) is 17.2 Å². The molecule has 4 nitrogen and oxygen atoms in total. The van der Waals surface area contributed by atoms with Gasteiger partial charge in [-0.1, -0.05) is 15.9 Å². The van der Waals surface area contributed by atoms with Crippen molar-refractivity contribution in [3.63, 3.8) is 0 Å². The Kier molecular flexibility index (Phi) is 4.94. The number of halogens is 1. The van der Waals surface area contributed by atoms with Crippen molar-refractivity contribution >= 4 is 27.5 Å². The van der Waals surface area contributed by atoms with E-state index in [9.17, 15) is 4.79 Å². The quantitative estimate of drug-likeness (QED) is 0.899. The second-order valence-electron chi connectivity index (χ2n) is 4.75. The summed E-state index contributed by atoms with van der Waals surface area (Å²) in [4.78, 5) is 12.0. The number of carbonyl (C=O) groups excluding carboxylic acids is 1. The van der Waals surface area contributed by atoms with Crippen molar-refractivity contribution in [3.8, 4) is 6.07 Å². The lowest BCUT2D eigenvalue weighted by atomic mass is 9.94. The Morgan fingerprint density at radius 2 is 2.21 bits per heavy atom. The predicted octanol–water partition coefficient (Wildman–Crippen LogP) is 2.65. The fourth-order valence-electron chi connectivity index (χ4n) is 2.27. The summed E-state index contributed by atoms with van der Waals surface area (Å²) < 4.78 is 0.834. The number of hydrogen-bond acceptors (Lipinski definition) is 3. The van der Waals surface area contributed by atoms with Gasteiger partial charge in [-0.25, -0.2) is 0 Å². The summed E-state index contributed by atoms with van der Waals surface area (Å²) in [5.74, 6) is 0.438. The second kappa shape index (κ2) is 6.69. The Labute approximate surface area is 121 Å². The van der Waals surface area contributed by atoms with Crippen LogP contribution in [0.5, 0.6) is 0 Å². The van der Waals surface area contributed by atoms with Gasteiger partial charge >= 0.3 is 0 Å². The number of nitriles is 1. The molecule has 1 aliphatic heterocycles. The monoisotopic (exact) mass is 321 g/mol. The number of anilines is 1. The maximum Gasteiger partial charge on any atom is 0.224 e. The molecule has 0 bridgehead atoms. The molecule has 1 heterocycles. The van der Waals surface area contributed by atoms with Crippen LogP contribution in [0.4, 0.5) is 5.69 Å². The normalized spacial score (nSPS) is 15.8. The zero-order chi connectivity index (χ0) is 13.7. The molecule has 0 unspecified atom stereocenters. The van der Waals surface area contributed by atoms with Crippen LogP contribution in [0.3, 0.4) is 0 Å². The highest BCUT2D eigenvalue weighted by molar-refractivity contribution is 9.10. The molecule has 1 aromatic rings. The Balaban J connectivity index is 1.97. The maximum absolute atomic E-state index is 12.0. The molecule has 1 amide bonds. The highest BCUT2D eigenvalue weighted by Crippen LogP contribution is 2.22. The largest absolute Gasteiger partial charge is 0.325 e. The zero-order valence-corrected chi connectivity index (χ0v) is 12.2. The van der Waals surface area contributed by atoms with E-state index in [1.165, 1.54) is 0 Å². The van der Waals surface area contributed by atoms with Gasteiger partial charge in [0.15, 0.2) is 0 Å². The molecule has 0 aliphatic carbocycles. The average Bonchev–Trinajstić information content (AvgIpc) is 2.42. The molecule has 2 N–H and O–H groups in total. The van der Waals surface area contributed by atoms with Gasteiger partial charge in [-0.3, -0.25) is 4.79 Å². The molecule has 1 fully saturated rings. The molecule has 2 rings (SSSR count). The lowest BCUT2D eigenvalue weighted by molar-refractivity contribution is -0.117. The van der Waals surface area contributed by atoms with Crippen LogP contribution in [0.25, 0.3) is 0 Å². The SMILES string of the molecule is N#Cc1cc(Br)ccc1NC(=O)CC1CCNCC1. The molecular weight excluding hydrogens is 306 g/mol. The van der Waals surface area contributed by atoms with Crippen molar-refractivity contribution in [2.45, 2.75) is 19.3 Å². The number of nitrogens with one attached hydrogen (secondary N) is 2. The van der Waals surface area contributed by atoms with Crippen molar-refractivity contribution in [2.24, 2.45) is 5.92 Å². The standard InChI is InChI=1S/C14H16BrN3O/c15-12-1-2-13(11(8-12)9-16)18-14(19)7-10-3-5-17-6-4-10/h1-2,8,10,17H,3-7H2,(H,18,19). The van der Waals surface area contributed by atoms with Crippen molar-refractivity contribution in [2.75, 3.05) is 18.4 Å². The van der Waals surface area contributed by atoms with Crippen LogP contribution in [0.1, 0.15) is 24.8 Å². The molecule has 1 saturated heterocycles. The third kappa shape index (κ3) is 4.05. The fraction of sp³-hybridized carbons (Fsp3) is 0.429. The Hall–Kier alpha value is -1.38. The van der Waals surface area contributed by atoms with E-state index in [1.807, 2.05) is 6.07 Å². The summed E-state index contributed by atoms with van der Waals surface area (Å²) in [5, 5.41) is 15.2. The van der Waals surface area contributed by atoms with E-state index in [4.69, 9.17) is 5.26 Å². The third-order valence-electron chi connectivity index (χ3n) is 3.31. The summed E-state index contributed by atoms with van der Waals surface area (Å²) in [6, 6.07) is 7.37. The van der Waals surface area contributed by atoms with E-state index in [2.05, 4.69) is 32.6 Å². The summed E-state index contributed by atoms with van der Waals surface area (Å²) in [6.07, 6.45) is 2.61. The number of carbonyl (C=O) groups is 1. The first kappa shape index (κ1) is 14.0. The van der Waals surface area contributed by atoms with Gasteiger partial charge in [-0.05, 0) is 50.0 Å². The number of hydrogen-bond donors (Lipinski definition) is 2. The molecule has 1 aromatic carbocycles. The van der Waals surface area contributed by atoms with E-state index >= 15 is 0 Å². The van der Waals surface area contributed by atoms with Gasteiger partial charge < -0.3 is 10.6 Å². The van der Waals surface area contributed by atoms with Crippen LogP contribution in [-0.4, -0.2) is 19.0 Å². The minimum Gasteiger partial charge on any atom is -0.325 e. The van der Waals surface area contributed by atoms with Crippen molar-refractivity contribution in [1.82, 2.24) is 5.32 Å². The van der Waals surface area contributed by atoms with E-state index in [-0.39, 0.29) is 5.91 Å². The van der Waals surface area contributed by atoms with Crippen LogP contribution in [0.2, 0.25) is 0 Å². The van der Waals surface area contributed by atoms with Gasteiger partial charge in [-0.15, -0.1) is 0 Å². The Morgan fingerprint density at radius 1 is 1.47 bits per heavy atom. The molecule has 0 aromatic heterocycles. The first-order chi connectivity index (χ1) is 9.19. The third-order valence-corrected chi connectivity index (χ3v) is 3.80. The molecule has 0 spiro atoms. The smallest absolute Gasteiger partial charge is 0.224 e. The van der Waals surface area contributed by atoms with Crippen LogP contribution in [0.15, 0.2) is 22.7 Å². The maximum atomic E-state index is 12.0. The average molecular weight is 322 g/mol. The molecule has 5 heteroatoms. The zero-order valence-electron chi connectivity index (χ0n) is 10.6. The summed E-state index contributed by atoms with van der Waals surface area (Å²) in [7, 11) is 0. The number of nitrogens with zero attached hydrogens (tertiary/aromatic N) is 1. The van der Waals surface area contributed by atoms with Gasteiger partial charge in [-0.2, -0.15) is 5.26 Å². The number of benzene rings is 1. The summed E-state index contributed by atoms with van der Waals surface area (Å²) >= 11 is 3.31. The second-order valence-corrected chi connectivity index (χ2v) is 5.66. The van der Waals surface area contributed by atoms with Gasteiger partial charge in [0.05, 0.1) is 11.3 Å². The van der Waals surface area contributed by atoms with Crippen molar-refractivity contribution < 1.29 is 4.79 Å².